The van der Waals surface area contributed by atoms with E-state index in [1.807, 2.05) is 11.8 Å². The van der Waals surface area contributed by atoms with Crippen LogP contribution < -0.4 is 0 Å². The molecule has 1 atom stereocenters. The van der Waals surface area contributed by atoms with Crippen LogP contribution in [-0.2, 0) is 10.8 Å². The Labute approximate surface area is 191 Å². The molecule has 156 valence electrons. The number of rotatable bonds is 7. The number of thioether (sulfide) groups is 1. The predicted molar refractivity (Wildman–Crippen MR) is 135 cm³/mol. The molecule has 0 spiro atoms. The molecule has 0 aromatic heterocycles. The molecule has 0 unspecified atom stereocenters. The van der Waals surface area contributed by atoms with E-state index in [1.54, 1.807) is 0 Å². The van der Waals surface area contributed by atoms with Crippen molar-refractivity contribution in [3.63, 3.8) is 0 Å². The molecule has 0 bridgehead atoms. The van der Waals surface area contributed by atoms with E-state index in [9.17, 15) is 0 Å². The lowest BCUT2D eigenvalue weighted by Crippen LogP contribution is -2.48. The molecule has 0 amide bonds. The van der Waals surface area contributed by atoms with Crippen molar-refractivity contribution in [1.82, 2.24) is 0 Å². The van der Waals surface area contributed by atoms with Crippen LogP contribution in [0.4, 0.5) is 0 Å². The first-order valence-electron chi connectivity index (χ1n) is 10.9. The van der Waals surface area contributed by atoms with Crippen LogP contribution in [0.1, 0.15) is 36.1 Å². The van der Waals surface area contributed by atoms with Gasteiger partial charge in [0.05, 0.1) is 0 Å². The molecule has 0 heterocycles. The molecule has 31 heavy (non-hydrogen) atoms. The minimum Gasteiger partial charge on any atom is -0.125 e. The predicted octanol–water partition coefficient (Wildman–Crippen LogP) is 8.05. The summed E-state index contributed by atoms with van der Waals surface area (Å²) in [5.74, 6) is 0.974. The lowest BCUT2D eigenvalue weighted by atomic mass is 9.57. The largest absolute Gasteiger partial charge is 0.125 e. The molecule has 4 rings (SSSR count). The van der Waals surface area contributed by atoms with Gasteiger partial charge in [0.1, 0.15) is 0 Å². The van der Waals surface area contributed by atoms with Gasteiger partial charge in [-0.1, -0.05) is 123 Å². The fraction of sp³-hybridized carbons (Fsp3) is 0.200. The van der Waals surface area contributed by atoms with Gasteiger partial charge < -0.3 is 0 Å². The van der Waals surface area contributed by atoms with Crippen molar-refractivity contribution in [2.45, 2.75) is 36.5 Å². The zero-order chi connectivity index (χ0) is 21.7. The summed E-state index contributed by atoms with van der Waals surface area (Å²) >= 11 is 1.97. The van der Waals surface area contributed by atoms with E-state index in [1.165, 1.54) is 27.1 Å². The summed E-state index contributed by atoms with van der Waals surface area (Å²) in [6.07, 6.45) is 0. The van der Waals surface area contributed by atoms with Crippen molar-refractivity contribution in [3.8, 4) is 0 Å². The van der Waals surface area contributed by atoms with Crippen molar-refractivity contribution in [2.75, 3.05) is 5.75 Å². The maximum atomic E-state index is 2.44. The Morgan fingerprint density at radius 1 is 0.548 bits per heavy atom. The van der Waals surface area contributed by atoms with Gasteiger partial charge in [0.25, 0.3) is 0 Å². The summed E-state index contributed by atoms with van der Waals surface area (Å²) in [5.41, 5.74) is 5.06. The van der Waals surface area contributed by atoms with E-state index in [0.717, 1.165) is 5.75 Å². The molecule has 0 nitrogen and oxygen atoms in total. The fourth-order valence-electron chi connectivity index (χ4n) is 4.61. The van der Waals surface area contributed by atoms with Crippen molar-refractivity contribution in [3.05, 3.63) is 138 Å². The van der Waals surface area contributed by atoms with E-state index < -0.39 is 0 Å². The number of aryl methyl sites for hydroxylation is 1. The van der Waals surface area contributed by atoms with Gasteiger partial charge in [-0.05, 0) is 35.2 Å². The highest BCUT2D eigenvalue weighted by molar-refractivity contribution is 7.99. The van der Waals surface area contributed by atoms with Gasteiger partial charge in [-0.25, -0.2) is 0 Å². The van der Waals surface area contributed by atoms with Crippen LogP contribution in [0.15, 0.2) is 120 Å². The second-order valence-corrected chi connectivity index (χ2v) is 9.63. The van der Waals surface area contributed by atoms with Crippen molar-refractivity contribution >= 4 is 11.8 Å². The smallest absolute Gasteiger partial charge is 0.0276 e. The highest BCUT2D eigenvalue weighted by Crippen LogP contribution is 2.51. The molecule has 0 aliphatic rings. The minimum absolute atomic E-state index is 0.135. The quantitative estimate of drug-likeness (QED) is 0.271. The molecule has 0 N–H and O–H groups in total. The average Bonchev–Trinajstić information content (AvgIpc) is 2.84. The van der Waals surface area contributed by atoms with Gasteiger partial charge in [0.2, 0.25) is 0 Å². The van der Waals surface area contributed by atoms with E-state index in [4.69, 9.17) is 0 Å². The van der Waals surface area contributed by atoms with Crippen LogP contribution in [-0.4, -0.2) is 5.75 Å². The zero-order valence-corrected chi connectivity index (χ0v) is 19.4. The molecular weight excluding hydrogens is 392 g/mol. The monoisotopic (exact) mass is 422 g/mol. The Balaban J connectivity index is 1.90. The summed E-state index contributed by atoms with van der Waals surface area (Å²) in [7, 11) is 0. The summed E-state index contributed by atoms with van der Waals surface area (Å²) in [5, 5.41) is 0. The standard InChI is InChI=1S/C30H30S/c1-24-15-13-14-22-28(24)31-23-29(2,25-16-7-4-8-17-25)30(3,26-18-9-5-10-19-26)27-20-11-6-12-21-27/h4-22H,23H2,1-3H3/t29-/m1/s1. The molecular formula is C30H30S. The highest BCUT2D eigenvalue weighted by Gasteiger charge is 2.48. The molecule has 0 fully saturated rings. The maximum Gasteiger partial charge on any atom is 0.0276 e. The van der Waals surface area contributed by atoms with Crippen LogP contribution in [0.3, 0.4) is 0 Å². The van der Waals surface area contributed by atoms with Crippen LogP contribution in [0, 0.1) is 6.92 Å². The average molecular weight is 423 g/mol. The first kappa shape index (κ1) is 21.5. The maximum absolute atomic E-state index is 2.44. The third-order valence-electron chi connectivity index (χ3n) is 6.83. The first-order valence-corrected chi connectivity index (χ1v) is 11.9. The van der Waals surface area contributed by atoms with Gasteiger partial charge >= 0.3 is 0 Å². The van der Waals surface area contributed by atoms with Crippen LogP contribution >= 0.6 is 11.8 Å². The Kier molecular flexibility index (Phi) is 6.34. The van der Waals surface area contributed by atoms with Gasteiger partial charge in [-0.3, -0.25) is 0 Å². The van der Waals surface area contributed by atoms with E-state index in [0.29, 0.717) is 0 Å². The number of benzene rings is 4. The topological polar surface area (TPSA) is 0 Å². The lowest BCUT2D eigenvalue weighted by molar-refractivity contribution is 0.337. The van der Waals surface area contributed by atoms with Crippen molar-refractivity contribution < 1.29 is 0 Å². The zero-order valence-electron chi connectivity index (χ0n) is 18.6. The van der Waals surface area contributed by atoms with E-state index >= 15 is 0 Å². The van der Waals surface area contributed by atoms with Gasteiger partial charge in [-0.2, -0.15) is 0 Å². The van der Waals surface area contributed by atoms with E-state index in [-0.39, 0.29) is 10.8 Å². The fourth-order valence-corrected chi connectivity index (χ4v) is 5.98. The normalized spacial score (nSPS) is 13.5. The summed E-state index contributed by atoms with van der Waals surface area (Å²) < 4.78 is 0. The first-order chi connectivity index (χ1) is 15.1. The Hall–Kier alpha value is -2.77. The van der Waals surface area contributed by atoms with Crippen LogP contribution in [0.5, 0.6) is 0 Å². The van der Waals surface area contributed by atoms with E-state index in [2.05, 4.69) is 136 Å². The molecule has 0 saturated heterocycles. The number of hydrogen-bond acceptors (Lipinski definition) is 1. The van der Waals surface area contributed by atoms with Gasteiger partial charge in [0.15, 0.2) is 0 Å². The molecule has 1 heteroatoms. The highest BCUT2D eigenvalue weighted by atomic mass is 32.2. The molecule has 0 radical (unpaired) electrons. The molecule has 4 aromatic carbocycles. The molecule has 4 aromatic rings. The minimum atomic E-state index is -0.202. The summed E-state index contributed by atoms with van der Waals surface area (Å²) in [6.45, 7) is 7.06. The lowest BCUT2D eigenvalue weighted by Gasteiger charge is -2.48. The van der Waals surface area contributed by atoms with Crippen LogP contribution in [0.2, 0.25) is 0 Å². The Morgan fingerprint density at radius 3 is 1.45 bits per heavy atom. The third kappa shape index (κ3) is 4.07. The second kappa shape index (κ2) is 9.16. The van der Waals surface area contributed by atoms with Crippen LogP contribution in [0.25, 0.3) is 0 Å². The van der Waals surface area contributed by atoms with Gasteiger partial charge in [-0.15, -0.1) is 11.8 Å². The number of hydrogen-bond donors (Lipinski definition) is 0. The van der Waals surface area contributed by atoms with Crippen molar-refractivity contribution in [2.24, 2.45) is 0 Å². The second-order valence-electron chi connectivity index (χ2n) is 8.61. The molecule has 0 aliphatic carbocycles. The summed E-state index contributed by atoms with van der Waals surface area (Å²) in [4.78, 5) is 1.35. The summed E-state index contributed by atoms with van der Waals surface area (Å²) in [6, 6.07) is 41.8. The third-order valence-corrected chi connectivity index (χ3v) is 8.32. The SMILES string of the molecule is Cc1ccccc1SC[C@](C)(c1ccccc1)C(C)(c1ccccc1)c1ccccc1. The Bertz CT molecular complexity index is 1060. The van der Waals surface area contributed by atoms with Gasteiger partial charge in [0, 0.05) is 21.5 Å². The van der Waals surface area contributed by atoms with Crippen molar-refractivity contribution in [1.29, 1.82) is 0 Å². The molecule has 0 aliphatic heterocycles. The Morgan fingerprint density at radius 2 is 0.968 bits per heavy atom. The molecule has 0 saturated carbocycles.